The maximum atomic E-state index is 12.2. The van der Waals surface area contributed by atoms with Crippen molar-refractivity contribution in [3.63, 3.8) is 0 Å². The quantitative estimate of drug-likeness (QED) is 0.864. The van der Waals surface area contributed by atoms with Gasteiger partial charge in [0.15, 0.2) is 9.84 Å². The van der Waals surface area contributed by atoms with Crippen molar-refractivity contribution in [2.24, 2.45) is 0 Å². The Morgan fingerprint density at radius 2 is 2.09 bits per heavy atom. The molecular formula is C15H22N2O5S. The summed E-state index contributed by atoms with van der Waals surface area (Å²) >= 11 is 0. The SMILES string of the molecule is COc1ccc(OC)c(CNC(=O)N(C)C2CCS(=O)(=O)C2)c1. The molecule has 0 saturated carbocycles. The van der Waals surface area contributed by atoms with Gasteiger partial charge in [-0.25, -0.2) is 13.2 Å². The maximum absolute atomic E-state index is 12.2. The summed E-state index contributed by atoms with van der Waals surface area (Å²) in [5.74, 6) is 1.49. The summed E-state index contributed by atoms with van der Waals surface area (Å²) in [6.45, 7) is 0.267. The summed E-state index contributed by atoms with van der Waals surface area (Å²) < 4.78 is 33.5. The van der Waals surface area contributed by atoms with Crippen LogP contribution in [0.1, 0.15) is 12.0 Å². The molecule has 1 unspecified atom stereocenters. The molecule has 0 aromatic heterocycles. The molecule has 0 spiro atoms. The zero-order valence-corrected chi connectivity index (χ0v) is 14.4. The second-order valence-electron chi connectivity index (χ2n) is 5.50. The van der Waals surface area contributed by atoms with Gasteiger partial charge in [0, 0.05) is 25.2 Å². The van der Waals surface area contributed by atoms with Gasteiger partial charge in [0.2, 0.25) is 0 Å². The number of rotatable bonds is 5. The van der Waals surface area contributed by atoms with Crippen LogP contribution in [-0.4, -0.2) is 58.2 Å². The van der Waals surface area contributed by atoms with Crippen LogP contribution in [0.15, 0.2) is 18.2 Å². The van der Waals surface area contributed by atoms with E-state index in [1.807, 2.05) is 0 Å². The second-order valence-corrected chi connectivity index (χ2v) is 7.73. The molecule has 0 bridgehead atoms. The number of hydrogen-bond acceptors (Lipinski definition) is 5. The van der Waals surface area contributed by atoms with Crippen LogP contribution in [0.2, 0.25) is 0 Å². The molecule has 1 aromatic rings. The highest BCUT2D eigenvalue weighted by molar-refractivity contribution is 7.91. The third-order valence-corrected chi connectivity index (χ3v) is 5.74. The summed E-state index contributed by atoms with van der Waals surface area (Å²) in [4.78, 5) is 13.7. The van der Waals surface area contributed by atoms with E-state index in [0.29, 0.717) is 17.9 Å². The lowest BCUT2D eigenvalue weighted by atomic mass is 10.2. The number of methoxy groups -OCH3 is 2. The van der Waals surface area contributed by atoms with Crippen molar-refractivity contribution in [1.29, 1.82) is 0 Å². The summed E-state index contributed by atoms with van der Waals surface area (Å²) in [7, 11) is 1.72. The van der Waals surface area contributed by atoms with Crippen LogP contribution in [0.4, 0.5) is 4.79 Å². The monoisotopic (exact) mass is 342 g/mol. The molecule has 1 fully saturated rings. The molecule has 1 aromatic carbocycles. The van der Waals surface area contributed by atoms with Crippen molar-refractivity contribution in [2.45, 2.75) is 19.0 Å². The fourth-order valence-electron chi connectivity index (χ4n) is 2.56. The van der Waals surface area contributed by atoms with Crippen LogP contribution in [0, 0.1) is 0 Å². The van der Waals surface area contributed by atoms with Crippen molar-refractivity contribution in [3.8, 4) is 11.5 Å². The molecule has 1 aliphatic rings. The van der Waals surface area contributed by atoms with Crippen molar-refractivity contribution >= 4 is 15.9 Å². The van der Waals surface area contributed by atoms with E-state index in [2.05, 4.69) is 5.32 Å². The van der Waals surface area contributed by atoms with E-state index in [-0.39, 0.29) is 30.1 Å². The lowest BCUT2D eigenvalue weighted by Crippen LogP contribution is -2.43. The van der Waals surface area contributed by atoms with Crippen LogP contribution in [0.3, 0.4) is 0 Å². The van der Waals surface area contributed by atoms with Crippen molar-refractivity contribution in [1.82, 2.24) is 10.2 Å². The molecule has 1 saturated heterocycles. The van der Waals surface area contributed by atoms with Crippen LogP contribution in [0.25, 0.3) is 0 Å². The number of nitrogens with one attached hydrogen (secondary N) is 1. The number of carbonyl (C=O) groups excluding carboxylic acids is 1. The molecule has 0 aliphatic carbocycles. The number of sulfone groups is 1. The summed E-state index contributed by atoms with van der Waals surface area (Å²) in [5, 5.41) is 2.79. The Hall–Kier alpha value is -1.96. The number of ether oxygens (including phenoxy) is 2. The van der Waals surface area contributed by atoms with Gasteiger partial charge in [-0.3, -0.25) is 0 Å². The number of carbonyl (C=O) groups is 1. The first kappa shape index (κ1) is 17.4. The molecule has 7 nitrogen and oxygen atoms in total. The smallest absolute Gasteiger partial charge is 0.317 e. The van der Waals surface area contributed by atoms with E-state index in [1.54, 1.807) is 39.5 Å². The van der Waals surface area contributed by atoms with Crippen molar-refractivity contribution < 1.29 is 22.7 Å². The van der Waals surface area contributed by atoms with E-state index in [9.17, 15) is 13.2 Å². The van der Waals surface area contributed by atoms with Gasteiger partial charge >= 0.3 is 6.03 Å². The summed E-state index contributed by atoms with van der Waals surface area (Å²) in [6.07, 6.45) is 0.481. The second kappa shape index (κ2) is 7.08. The molecule has 1 atom stereocenters. The molecule has 2 rings (SSSR count). The van der Waals surface area contributed by atoms with Gasteiger partial charge in [0.1, 0.15) is 11.5 Å². The minimum Gasteiger partial charge on any atom is -0.497 e. The fourth-order valence-corrected chi connectivity index (χ4v) is 4.34. The third kappa shape index (κ3) is 4.28. The first-order valence-electron chi connectivity index (χ1n) is 7.28. The van der Waals surface area contributed by atoms with E-state index in [4.69, 9.17) is 9.47 Å². The number of hydrogen-bond donors (Lipinski definition) is 1. The largest absolute Gasteiger partial charge is 0.497 e. The Morgan fingerprint density at radius 1 is 1.35 bits per heavy atom. The lowest BCUT2D eigenvalue weighted by molar-refractivity contribution is 0.194. The van der Waals surface area contributed by atoms with Crippen LogP contribution < -0.4 is 14.8 Å². The zero-order valence-electron chi connectivity index (χ0n) is 13.5. The molecule has 1 N–H and O–H groups in total. The van der Waals surface area contributed by atoms with Gasteiger partial charge in [-0.05, 0) is 24.6 Å². The first-order chi connectivity index (χ1) is 10.9. The van der Waals surface area contributed by atoms with Crippen LogP contribution in [-0.2, 0) is 16.4 Å². The Balaban J connectivity index is 1.99. The highest BCUT2D eigenvalue weighted by Gasteiger charge is 2.32. The number of urea groups is 1. The predicted octanol–water partition coefficient (Wildman–Crippen LogP) is 1.03. The summed E-state index contributed by atoms with van der Waals surface area (Å²) in [6, 6.07) is 4.76. The molecule has 8 heteroatoms. The third-order valence-electron chi connectivity index (χ3n) is 3.99. The van der Waals surface area contributed by atoms with Gasteiger partial charge in [-0.15, -0.1) is 0 Å². The Labute approximate surface area is 136 Å². The average Bonchev–Trinajstić information content (AvgIpc) is 2.91. The summed E-state index contributed by atoms with van der Waals surface area (Å²) in [5.41, 5.74) is 0.785. The normalized spacial score (nSPS) is 19.2. The van der Waals surface area contributed by atoms with Gasteiger partial charge in [-0.2, -0.15) is 0 Å². The topological polar surface area (TPSA) is 84.9 Å². The lowest BCUT2D eigenvalue weighted by Gasteiger charge is -2.24. The fraction of sp³-hybridized carbons (Fsp3) is 0.533. The van der Waals surface area contributed by atoms with Crippen molar-refractivity contribution in [2.75, 3.05) is 32.8 Å². The maximum Gasteiger partial charge on any atom is 0.317 e. The highest BCUT2D eigenvalue weighted by atomic mass is 32.2. The number of benzene rings is 1. The molecule has 1 heterocycles. The van der Waals surface area contributed by atoms with E-state index in [1.165, 1.54) is 4.90 Å². The standard InChI is InChI=1S/C15H22N2O5S/c1-17(12-6-7-23(19,20)10-12)15(18)16-9-11-8-13(21-2)4-5-14(11)22-3/h4-5,8,12H,6-7,9-10H2,1-3H3,(H,16,18). The molecular weight excluding hydrogens is 320 g/mol. The Bertz CT molecular complexity index is 674. The van der Waals surface area contributed by atoms with E-state index < -0.39 is 9.84 Å². The minimum atomic E-state index is -3.02. The zero-order chi connectivity index (χ0) is 17.0. The van der Waals surface area contributed by atoms with Gasteiger partial charge in [0.05, 0.1) is 25.7 Å². The molecule has 23 heavy (non-hydrogen) atoms. The Kier molecular flexibility index (Phi) is 5.35. The van der Waals surface area contributed by atoms with E-state index in [0.717, 1.165) is 5.56 Å². The van der Waals surface area contributed by atoms with Gasteiger partial charge < -0.3 is 19.7 Å². The first-order valence-corrected chi connectivity index (χ1v) is 9.10. The molecule has 2 amide bonds. The van der Waals surface area contributed by atoms with Crippen LogP contribution in [0.5, 0.6) is 11.5 Å². The molecule has 128 valence electrons. The van der Waals surface area contributed by atoms with Crippen molar-refractivity contribution in [3.05, 3.63) is 23.8 Å². The van der Waals surface area contributed by atoms with Crippen LogP contribution >= 0.6 is 0 Å². The van der Waals surface area contributed by atoms with Gasteiger partial charge in [-0.1, -0.05) is 0 Å². The molecule has 1 aliphatic heterocycles. The predicted molar refractivity (Wildman–Crippen MR) is 86.6 cm³/mol. The van der Waals surface area contributed by atoms with Gasteiger partial charge in [0.25, 0.3) is 0 Å². The Morgan fingerprint density at radius 3 is 2.65 bits per heavy atom. The minimum absolute atomic E-state index is 0.0272. The van der Waals surface area contributed by atoms with E-state index >= 15 is 0 Å². The highest BCUT2D eigenvalue weighted by Crippen LogP contribution is 2.24. The average molecular weight is 342 g/mol. The number of nitrogens with zero attached hydrogens (tertiary/aromatic N) is 1. The number of amides is 2. The molecule has 0 radical (unpaired) electrons.